The third kappa shape index (κ3) is 3.27. The van der Waals surface area contributed by atoms with Gasteiger partial charge in [0.15, 0.2) is 0 Å². The van der Waals surface area contributed by atoms with Crippen LogP contribution in [0.3, 0.4) is 0 Å². The first-order valence-electron chi connectivity index (χ1n) is 10.5. The third-order valence-corrected chi connectivity index (χ3v) is 6.60. The number of likely N-dealkylation sites (tertiary alicyclic amines) is 2. The van der Waals surface area contributed by atoms with Crippen LogP contribution in [0.15, 0.2) is 12.3 Å². The number of nitrogens with zero attached hydrogens (tertiary/aromatic N) is 6. The number of aryl methyl sites for hydroxylation is 1. The van der Waals surface area contributed by atoms with Gasteiger partial charge in [-0.3, -0.25) is 18.9 Å². The highest BCUT2D eigenvalue weighted by molar-refractivity contribution is 5.91. The normalized spacial score (nSPS) is 24.5. The molecule has 0 aliphatic carbocycles. The Bertz CT molecular complexity index is 943. The average Bonchev–Trinajstić information content (AvgIpc) is 3.42. The Labute approximate surface area is 169 Å². The summed E-state index contributed by atoms with van der Waals surface area (Å²) in [4.78, 5) is 34.1. The molecule has 9 heteroatoms. The van der Waals surface area contributed by atoms with Crippen LogP contribution in [-0.4, -0.2) is 80.1 Å². The second-order valence-corrected chi connectivity index (χ2v) is 8.57. The number of rotatable bonds is 3. The minimum Gasteiger partial charge on any atom is -0.461 e. The van der Waals surface area contributed by atoms with E-state index in [1.807, 2.05) is 13.0 Å². The highest BCUT2D eigenvalue weighted by atomic mass is 16.6. The molecule has 2 aromatic heterocycles. The third-order valence-electron chi connectivity index (χ3n) is 6.60. The number of amides is 1. The summed E-state index contributed by atoms with van der Waals surface area (Å²) in [5.74, 6) is 0.440. The maximum Gasteiger partial charge on any atom is 0.312 e. The smallest absolute Gasteiger partial charge is 0.312 e. The first-order chi connectivity index (χ1) is 14.0. The number of aromatic nitrogens is 4. The summed E-state index contributed by atoms with van der Waals surface area (Å²) in [6.45, 7) is 5.97. The molecule has 0 radical (unpaired) electrons. The van der Waals surface area contributed by atoms with Crippen molar-refractivity contribution in [1.82, 2.24) is 29.4 Å². The molecule has 3 fully saturated rings. The fourth-order valence-electron chi connectivity index (χ4n) is 4.90. The molecule has 1 atom stereocenters. The van der Waals surface area contributed by atoms with Crippen molar-refractivity contribution in [1.29, 1.82) is 0 Å². The predicted octanol–water partition coefficient (Wildman–Crippen LogP) is 1.07. The van der Waals surface area contributed by atoms with Gasteiger partial charge in [0.25, 0.3) is 11.7 Å². The number of esters is 1. The zero-order valence-electron chi connectivity index (χ0n) is 16.7. The molecule has 3 saturated heterocycles. The van der Waals surface area contributed by atoms with E-state index in [0.717, 1.165) is 31.7 Å². The van der Waals surface area contributed by atoms with E-state index in [-0.39, 0.29) is 23.8 Å². The molecule has 0 aromatic carbocycles. The zero-order valence-corrected chi connectivity index (χ0v) is 16.7. The monoisotopic (exact) mass is 398 g/mol. The zero-order chi connectivity index (χ0) is 20.0. The molecule has 0 saturated carbocycles. The van der Waals surface area contributed by atoms with Gasteiger partial charge in [0.05, 0.1) is 5.41 Å². The summed E-state index contributed by atoms with van der Waals surface area (Å²) in [6.07, 6.45) is 6.27. The number of hydrogen-bond acceptors (Lipinski definition) is 7. The van der Waals surface area contributed by atoms with E-state index < -0.39 is 5.41 Å². The van der Waals surface area contributed by atoms with Gasteiger partial charge in [-0.1, -0.05) is 0 Å². The Hall–Kier alpha value is -2.55. The lowest BCUT2D eigenvalue weighted by molar-refractivity contribution is -0.151. The SMILES string of the molecule is Cc1ccn2c(C(=O)N3CCC4(CC3)CC(CN3CCCC3)OC4=O)nnc2n1. The standard InChI is InChI=1S/C20H26N6O3/c1-14-4-9-26-16(22-23-19(26)21-14)17(27)25-10-5-20(6-11-25)12-15(29-18(20)28)13-24-7-2-3-8-24/h4,9,15H,2-3,5-8,10-13H2,1H3. The quantitative estimate of drug-likeness (QED) is 0.714. The highest BCUT2D eigenvalue weighted by Gasteiger charge is 2.51. The lowest BCUT2D eigenvalue weighted by atomic mass is 9.76. The van der Waals surface area contributed by atoms with Gasteiger partial charge in [-0.25, -0.2) is 4.98 Å². The first-order valence-corrected chi connectivity index (χ1v) is 10.5. The molecule has 1 spiro atoms. The molecular weight excluding hydrogens is 372 g/mol. The van der Waals surface area contributed by atoms with E-state index in [4.69, 9.17) is 4.74 Å². The van der Waals surface area contributed by atoms with Crippen LogP contribution in [-0.2, 0) is 9.53 Å². The molecule has 29 heavy (non-hydrogen) atoms. The second kappa shape index (κ2) is 7.05. The molecule has 0 bridgehead atoms. The van der Waals surface area contributed by atoms with Gasteiger partial charge < -0.3 is 9.64 Å². The Morgan fingerprint density at radius 2 is 1.97 bits per heavy atom. The van der Waals surface area contributed by atoms with Gasteiger partial charge in [0.2, 0.25) is 5.82 Å². The molecule has 3 aliphatic heterocycles. The Balaban J connectivity index is 1.25. The van der Waals surface area contributed by atoms with E-state index in [0.29, 0.717) is 31.7 Å². The summed E-state index contributed by atoms with van der Waals surface area (Å²) in [7, 11) is 0. The van der Waals surface area contributed by atoms with Crippen molar-refractivity contribution in [2.24, 2.45) is 5.41 Å². The number of carbonyl (C=O) groups is 2. The Kier molecular flexibility index (Phi) is 4.49. The van der Waals surface area contributed by atoms with Gasteiger partial charge in [0.1, 0.15) is 6.10 Å². The molecule has 5 rings (SSSR count). The highest BCUT2D eigenvalue weighted by Crippen LogP contribution is 2.43. The van der Waals surface area contributed by atoms with E-state index in [9.17, 15) is 9.59 Å². The van der Waals surface area contributed by atoms with Crippen LogP contribution in [0.5, 0.6) is 0 Å². The van der Waals surface area contributed by atoms with E-state index >= 15 is 0 Å². The Morgan fingerprint density at radius 3 is 2.72 bits per heavy atom. The summed E-state index contributed by atoms with van der Waals surface area (Å²) in [5, 5.41) is 8.06. The molecule has 0 N–H and O–H groups in total. The van der Waals surface area contributed by atoms with Crippen molar-refractivity contribution in [2.45, 2.75) is 45.1 Å². The fraction of sp³-hybridized carbons (Fsp3) is 0.650. The van der Waals surface area contributed by atoms with Crippen LogP contribution in [0.1, 0.15) is 48.4 Å². The van der Waals surface area contributed by atoms with E-state index in [1.54, 1.807) is 15.5 Å². The number of piperidine rings is 1. The van der Waals surface area contributed by atoms with E-state index in [1.165, 1.54) is 12.8 Å². The summed E-state index contributed by atoms with van der Waals surface area (Å²) < 4.78 is 7.36. The van der Waals surface area contributed by atoms with Crippen molar-refractivity contribution in [3.8, 4) is 0 Å². The van der Waals surface area contributed by atoms with Crippen LogP contribution in [0.25, 0.3) is 5.78 Å². The summed E-state index contributed by atoms with van der Waals surface area (Å²) in [5.41, 5.74) is 0.388. The van der Waals surface area contributed by atoms with Crippen molar-refractivity contribution < 1.29 is 14.3 Å². The maximum atomic E-state index is 13.0. The minimum atomic E-state index is -0.438. The van der Waals surface area contributed by atoms with Crippen molar-refractivity contribution >= 4 is 17.7 Å². The van der Waals surface area contributed by atoms with Crippen LogP contribution in [0, 0.1) is 12.3 Å². The second-order valence-electron chi connectivity index (χ2n) is 8.57. The van der Waals surface area contributed by atoms with Gasteiger partial charge >= 0.3 is 5.97 Å². The van der Waals surface area contributed by atoms with Crippen molar-refractivity contribution in [3.05, 3.63) is 23.8 Å². The Morgan fingerprint density at radius 1 is 1.21 bits per heavy atom. The lowest BCUT2D eigenvalue weighted by Gasteiger charge is -2.36. The number of ether oxygens (including phenoxy) is 1. The van der Waals surface area contributed by atoms with Gasteiger partial charge in [0, 0.05) is 37.9 Å². The number of carbonyl (C=O) groups excluding carboxylic acids is 2. The molecule has 9 nitrogen and oxygen atoms in total. The van der Waals surface area contributed by atoms with E-state index in [2.05, 4.69) is 20.1 Å². The van der Waals surface area contributed by atoms with Crippen LogP contribution in [0.2, 0.25) is 0 Å². The van der Waals surface area contributed by atoms with Gasteiger partial charge in [-0.15, -0.1) is 10.2 Å². The molecule has 2 aromatic rings. The molecule has 1 amide bonds. The van der Waals surface area contributed by atoms with Crippen molar-refractivity contribution in [2.75, 3.05) is 32.7 Å². The largest absolute Gasteiger partial charge is 0.461 e. The predicted molar refractivity (Wildman–Crippen MR) is 103 cm³/mol. The lowest BCUT2D eigenvalue weighted by Crippen LogP contribution is -2.45. The fourth-order valence-corrected chi connectivity index (χ4v) is 4.90. The molecule has 5 heterocycles. The number of cyclic esters (lactones) is 1. The first kappa shape index (κ1) is 18.5. The van der Waals surface area contributed by atoms with Crippen LogP contribution in [0.4, 0.5) is 0 Å². The van der Waals surface area contributed by atoms with Crippen LogP contribution < -0.4 is 0 Å². The van der Waals surface area contributed by atoms with Gasteiger partial charge in [-0.2, -0.15) is 0 Å². The molecule has 154 valence electrons. The maximum absolute atomic E-state index is 13.0. The molecule has 1 unspecified atom stereocenters. The number of hydrogen-bond donors (Lipinski definition) is 0. The minimum absolute atomic E-state index is 0.0161. The average molecular weight is 398 g/mol. The molecule has 3 aliphatic rings. The summed E-state index contributed by atoms with van der Waals surface area (Å²) in [6, 6.07) is 1.83. The summed E-state index contributed by atoms with van der Waals surface area (Å²) >= 11 is 0. The molecular formula is C20H26N6O3. The van der Waals surface area contributed by atoms with Crippen molar-refractivity contribution in [3.63, 3.8) is 0 Å². The number of fused-ring (bicyclic) bond motifs is 1. The van der Waals surface area contributed by atoms with Gasteiger partial charge in [-0.05, 0) is 51.8 Å². The van der Waals surface area contributed by atoms with Crippen LogP contribution >= 0.6 is 0 Å². The topological polar surface area (TPSA) is 92.9 Å².